The van der Waals surface area contributed by atoms with E-state index in [1.807, 2.05) is 9.80 Å². The molecule has 7 heteroatoms. The number of carbonyl (C=O) groups is 1. The van der Waals surface area contributed by atoms with Crippen LogP contribution < -0.4 is 4.90 Å². The highest BCUT2D eigenvalue weighted by Gasteiger charge is 2.41. The molecule has 2 unspecified atom stereocenters. The summed E-state index contributed by atoms with van der Waals surface area (Å²) in [6.45, 7) is 2.06. The van der Waals surface area contributed by atoms with Crippen LogP contribution in [0.5, 0.6) is 0 Å². The molecule has 2 atom stereocenters. The topological polar surface area (TPSA) is 49.3 Å². The third kappa shape index (κ3) is 3.06. The van der Waals surface area contributed by atoms with E-state index >= 15 is 0 Å². The molecule has 0 N–H and O–H groups in total. The van der Waals surface area contributed by atoms with Crippen molar-refractivity contribution in [1.82, 2.24) is 14.9 Å². The lowest BCUT2D eigenvalue weighted by Gasteiger charge is -2.38. The molecule has 2 aromatic rings. The molecule has 2 saturated heterocycles. The maximum atomic E-state index is 13.4. The van der Waals surface area contributed by atoms with Crippen LogP contribution in [-0.2, 0) is 0 Å². The first kappa shape index (κ1) is 15.9. The number of carbonyl (C=O) groups excluding carboxylic acids is 1. The molecule has 4 rings (SSSR count). The lowest BCUT2D eigenvalue weighted by atomic mass is 9.92. The summed E-state index contributed by atoms with van der Waals surface area (Å²) in [5, 5.41) is 0. The monoisotopic (exact) mass is 344 g/mol. The van der Waals surface area contributed by atoms with Crippen LogP contribution in [0.4, 0.5) is 14.7 Å². The summed E-state index contributed by atoms with van der Waals surface area (Å²) in [4.78, 5) is 24.7. The van der Waals surface area contributed by atoms with E-state index < -0.39 is 11.6 Å². The van der Waals surface area contributed by atoms with Gasteiger partial charge in [-0.2, -0.15) is 0 Å². The lowest BCUT2D eigenvalue weighted by Crippen LogP contribution is -2.50. The predicted octanol–water partition coefficient (Wildman–Crippen LogP) is 2.50. The van der Waals surface area contributed by atoms with E-state index in [1.54, 1.807) is 12.1 Å². The van der Waals surface area contributed by atoms with E-state index in [0.717, 1.165) is 31.8 Å². The second-order valence-electron chi connectivity index (χ2n) is 6.56. The minimum atomic E-state index is -0.470. The fourth-order valence-electron chi connectivity index (χ4n) is 3.83. The smallest absolute Gasteiger partial charge is 0.254 e. The van der Waals surface area contributed by atoms with E-state index in [0.29, 0.717) is 30.5 Å². The average Bonchev–Trinajstić information content (AvgIpc) is 3.05. The van der Waals surface area contributed by atoms with Crippen molar-refractivity contribution in [3.8, 4) is 0 Å². The molecule has 0 radical (unpaired) electrons. The molecule has 3 heterocycles. The van der Waals surface area contributed by atoms with E-state index in [-0.39, 0.29) is 11.9 Å². The van der Waals surface area contributed by atoms with Gasteiger partial charge in [0, 0.05) is 25.2 Å². The van der Waals surface area contributed by atoms with Crippen LogP contribution in [0, 0.1) is 17.6 Å². The van der Waals surface area contributed by atoms with Crippen molar-refractivity contribution < 1.29 is 13.6 Å². The molecule has 2 fully saturated rings. The Hall–Kier alpha value is -2.57. The number of hydrogen-bond donors (Lipinski definition) is 0. The van der Waals surface area contributed by atoms with Crippen LogP contribution in [0.2, 0.25) is 0 Å². The summed E-state index contributed by atoms with van der Waals surface area (Å²) in [5.74, 6) is -0.123. The molecule has 25 heavy (non-hydrogen) atoms. The lowest BCUT2D eigenvalue weighted by molar-refractivity contribution is 0.0711. The van der Waals surface area contributed by atoms with Gasteiger partial charge in [-0.3, -0.25) is 4.79 Å². The van der Waals surface area contributed by atoms with Crippen molar-refractivity contribution in [2.45, 2.75) is 18.9 Å². The Morgan fingerprint density at radius 1 is 1.08 bits per heavy atom. The molecule has 0 aliphatic carbocycles. The number of nitrogens with zero attached hydrogens (tertiary/aromatic N) is 4. The number of anilines is 1. The molecule has 130 valence electrons. The number of fused-ring (bicyclic) bond motifs is 1. The summed E-state index contributed by atoms with van der Waals surface area (Å²) in [6, 6.07) is 5.84. The van der Waals surface area contributed by atoms with Gasteiger partial charge in [0.05, 0.1) is 18.4 Å². The quantitative estimate of drug-likeness (QED) is 0.840. The molecular weight excluding hydrogens is 326 g/mol. The molecule has 0 bridgehead atoms. The average molecular weight is 344 g/mol. The summed E-state index contributed by atoms with van der Waals surface area (Å²) in [7, 11) is 0. The minimum Gasteiger partial charge on any atom is -0.339 e. The highest BCUT2D eigenvalue weighted by atomic mass is 19.1. The van der Waals surface area contributed by atoms with Crippen LogP contribution in [0.25, 0.3) is 0 Å². The summed E-state index contributed by atoms with van der Waals surface area (Å²) < 4.78 is 26.5. The van der Waals surface area contributed by atoms with Gasteiger partial charge in [0.1, 0.15) is 5.82 Å². The normalized spacial score (nSPS) is 22.8. The standard InChI is InChI=1S/C18H18F2N4O/c19-14-3-1-2-13(8-14)17(25)24-7-5-12-4-6-23(11-16(12)24)18-21-9-15(20)10-22-18/h1-3,8-10,12,16H,4-7,11H2. The Morgan fingerprint density at radius 3 is 2.60 bits per heavy atom. The number of benzene rings is 1. The molecule has 1 aromatic heterocycles. The van der Waals surface area contributed by atoms with Gasteiger partial charge in [-0.1, -0.05) is 6.07 Å². The number of rotatable bonds is 2. The maximum absolute atomic E-state index is 13.4. The van der Waals surface area contributed by atoms with Crippen molar-refractivity contribution >= 4 is 11.9 Å². The first-order valence-corrected chi connectivity index (χ1v) is 8.41. The zero-order valence-corrected chi connectivity index (χ0v) is 13.6. The van der Waals surface area contributed by atoms with Crippen LogP contribution in [0.15, 0.2) is 36.7 Å². The van der Waals surface area contributed by atoms with Crippen molar-refractivity contribution in [3.05, 3.63) is 53.9 Å². The first-order valence-electron chi connectivity index (χ1n) is 8.41. The van der Waals surface area contributed by atoms with Crippen LogP contribution in [0.1, 0.15) is 23.2 Å². The second-order valence-corrected chi connectivity index (χ2v) is 6.56. The van der Waals surface area contributed by atoms with E-state index in [2.05, 4.69) is 9.97 Å². The summed E-state index contributed by atoms with van der Waals surface area (Å²) >= 11 is 0. The Bertz CT molecular complexity index is 783. The highest BCUT2D eigenvalue weighted by Crippen LogP contribution is 2.33. The maximum Gasteiger partial charge on any atom is 0.254 e. The Labute approximate surface area is 144 Å². The van der Waals surface area contributed by atoms with Crippen molar-refractivity contribution in [2.24, 2.45) is 5.92 Å². The van der Waals surface area contributed by atoms with Crippen molar-refractivity contribution in [3.63, 3.8) is 0 Å². The van der Waals surface area contributed by atoms with Gasteiger partial charge >= 0.3 is 0 Å². The molecule has 2 aliphatic rings. The van der Waals surface area contributed by atoms with Crippen LogP contribution in [-0.4, -0.2) is 46.5 Å². The number of aromatic nitrogens is 2. The number of amides is 1. The van der Waals surface area contributed by atoms with Gasteiger partial charge in [0.25, 0.3) is 5.91 Å². The highest BCUT2D eigenvalue weighted by molar-refractivity contribution is 5.94. The molecule has 0 saturated carbocycles. The number of likely N-dealkylation sites (tertiary alicyclic amines) is 1. The van der Waals surface area contributed by atoms with Gasteiger partial charge in [0.2, 0.25) is 5.95 Å². The van der Waals surface area contributed by atoms with E-state index in [1.165, 1.54) is 12.1 Å². The SMILES string of the molecule is O=C(c1cccc(F)c1)N1CCC2CCN(c3ncc(F)cn3)CC21. The van der Waals surface area contributed by atoms with Crippen LogP contribution in [0.3, 0.4) is 0 Å². The second kappa shape index (κ2) is 6.38. The molecule has 1 amide bonds. The van der Waals surface area contributed by atoms with Crippen LogP contribution >= 0.6 is 0 Å². The van der Waals surface area contributed by atoms with Gasteiger partial charge in [-0.25, -0.2) is 18.7 Å². The van der Waals surface area contributed by atoms with E-state index in [9.17, 15) is 13.6 Å². The predicted molar refractivity (Wildman–Crippen MR) is 88.2 cm³/mol. The van der Waals surface area contributed by atoms with Crippen molar-refractivity contribution in [1.29, 1.82) is 0 Å². The molecule has 5 nitrogen and oxygen atoms in total. The molecule has 2 aliphatic heterocycles. The third-order valence-electron chi connectivity index (χ3n) is 5.08. The third-order valence-corrected chi connectivity index (χ3v) is 5.08. The van der Waals surface area contributed by atoms with Gasteiger partial charge in [0.15, 0.2) is 5.82 Å². The molecular formula is C18H18F2N4O. The molecule has 1 aromatic carbocycles. The zero-order valence-electron chi connectivity index (χ0n) is 13.6. The Kier molecular flexibility index (Phi) is 4.07. The first-order chi connectivity index (χ1) is 12.1. The fourth-order valence-corrected chi connectivity index (χ4v) is 3.83. The number of halogens is 2. The van der Waals surface area contributed by atoms with Gasteiger partial charge in [-0.15, -0.1) is 0 Å². The largest absolute Gasteiger partial charge is 0.339 e. The minimum absolute atomic E-state index is 0.0400. The summed E-state index contributed by atoms with van der Waals surface area (Å²) in [6.07, 6.45) is 4.18. The van der Waals surface area contributed by atoms with Gasteiger partial charge < -0.3 is 9.80 Å². The molecule has 0 spiro atoms. The van der Waals surface area contributed by atoms with Gasteiger partial charge in [-0.05, 0) is 37.0 Å². The zero-order chi connectivity index (χ0) is 17.4. The number of piperidine rings is 1. The Morgan fingerprint density at radius 2 is 1.84 bits per heavy atom. The van der Waals surface area contributed by atoms with Crippen molar-refractivity contribution in [2.75, 3.05) is 24.5 Å². The van der Waals surface area contributed by atoms with E-state index in [4.69, 9.17) is 0 Å². The fraction of sp³-hybridized carbons (Fsp3) is 0.389. The number of hydrogen-bond acceptors (Lipinski definition) is 4. The summed E-state index contributed by atoms with van der Waals surface area (Å²) in [5.41, 5.74) is 0.371. The Balaban J connectivity index is 1.54.